The molecule has 0 aromatic heterocycles. The van der Waals surface area contributed by atoms with Crippen molar-refractivity contribution < 1.29 is 41.4 Å². The van der Waals surface area contributed by atoms with Crippen molar-refractivity contribution >= 4 is 39.2 Å². The highest BCUT2D eigenvalue weighted by atomic mass is 28.4. The molecule has 0 bridgehead atoms. The van der Waals surface area contributed by atoms with E-state index in [1.54, 1.807) is 0 Å². The first kappa shape index (κ1) is 54.9. The molecule has 3 heterocycles. The maximum Gasteiger partial charge on any atom is 0.308 e. The Balaban J connectivity index is 1.65. The van der Waals surface area contributed by atoms with Gasteiger partial charge in [-0.1, -0.05) is 127 Å². The van der Waals surface area contributed by atoms with Crippen molar-refractivity contribution in [3.05, 3.63) is 35.9 Å². The topological polar surface area (TPSA) is 90.9 Å². The van der Waals surface area contributed by atoms with E-state index in [-0.39, 0.29) is 77.5 Å². The number of hydrogen-bond donors (Lipinski definition) is 0. The van der Waals surface area contributed by atoms with Gasteiger partial charge in [-0.2, -0.15) is 0 Å². The van der Waals surface area contributed by atoms with E-state index in [0.29, 0.717) is 19.4 Å². The highest BCUT2D eigenvalue weighted by Crippen LogP contribution is 2.50. The van der Waals surface area contributed by atoms with E-state index in [2.05, 4.69) is 123 Å². The van der Waals surface area contributed by atoms with E-state index in [4.69, 9.17) is 36.7 Å². The third-order valence-corrected chi connectivity index (χ3v) is 34.9. The third-order valence-electron chi connectivity index (χ3n) is 16.5. The van der Waals surface area contributed by atoms with Gasteiger partial charge >= 0.3 is 5.97 Å². The largest absolute Gasteiger partial charge is 0.461 e. The lowest BCUT2D eigenvalue weighted by atomic mass is 9.80. The summed E-state index contributed by atoms with van der Waals surface area (Å²) in [5.74, 6) is -0.827. The summed E-state index contributed by atoms with van der Waals surface area (Å²) in [6, 6.07) is 16.1. The second-order valence-corrected chi connectivity index (χ2v) is 41.9. The van der Waals surface area contributed by atoms with Gasteiger partial charge in [0.2, 0.25) is 0 Å². The smallest absolute Gasteiger partial charge is 0.308 e. The molecule has 0 aliphatic carbocycles. The van der Waals surface area contributed by atoms with Crippen molar-refractivity contribution in [2.24, 2.45) is 11.8 Å². The number of carbonyl (C=O) groups excluding carboxylic acids is 1. The molecule has 6 unspecified atom stereocenters. The summed E-state index contributed by atoms with van der Waals surface area (Å²) in [6.07, 6.45) is 1.58. The van der Waals surface area contributed by atoms with Gasteiger partial charge in [0, 0.05) is 25.7 Å². The Labute approximate surface area is 390 Å². The van der Waals surface area contributed by atoms with E-state index < -0.39 is 45.2 Å². The van der Waals surface area contributed by atoms with E-state index in [1.165, 1.54) is 0 Å². The van der Waals surface area contributed by atoms with Crippen LogP contribution in [0.25, 0.3) is 0 Å². The summed E-state index contributed by atoms with van der Waals surface area (Å²) in [6.45, 7) is 42.3. The Morgan fingerprint density at radius 1 is 0.762 bits per heavy atom. The number of ether oxygens (including phenoxy) is 4. The molecule has 10 atom stereocenters. The lowest BCUT2D eigenvalue weighted by molar-refractivity contribution is -0.351. The standard InChI is InChI=1S/C50H94O9Si4/c1-19-62(20-2,21-3)58-42(30-40(57-61(17,18)49(12,13)14)36-53-60(15,16)48(9,10)11)41-31-43-46(54-41)37(7)33-50(55-43)34-38(8)47(59-63(22-4,23-5)24-6)44(56-50)32-45(51)52-35-39-28-26-25-27-29-39/h25-29,37-38,40-44,46-47H,19-24,30-36H2,1-18H3/t37-,38-,40?,41?,42-,43?,44?,46?,47?,50+/m0/s1. The second kappa shape index (κ2) is 22.1. The molecule has 1 aromatic carbocycles. The van der Waals surface area contributed by atoms with Gasteiger partial charge in [0.15, 0.2) is 39.1 Å². The first-order chi connectivity index (χ1) is 29.3. The maximum absolute atomic E-state index is 13.7. The van der Waals surface area contributed by atoms with Gasteiger partial charge in [-0.05, 0) is 89.9 Å². The number of esters is 1. The van der Waals surface area contributed by atoms with Gasteiger partial charge in [-0.3, -0.25) is 4.79 Å². The summed E-state index contributed by atoms with van der Waals surface area (Å²) in [4.78, 5) is 13.7. The van der Waals surface area contributed by atoms with Crippen LogP contribution in [-0.4, -0.2) is 94.4 Å². The molecule has 3 fully saturated rings. The lowest BCUT2D eigenvalue weighted by Gasteiger charge is -2.53. The third kappa shape index (κ3) is 13.7. The van der Waals surface area contributed by atoms with Crippen LogP contribution in [0.5, 0.6) is 0 Å². The molecule has 1 spiro atoms. The van der Waals surface area contributed by atoms with E-state index in [0.717, 1.165) is 54.7 Å². The SMILES string of the molecule is CC[Si](CC)(CC)OC1C(CC(=O)OCc2ccccc2)O[C@]2(C[C@H](C)C3OC([C@H](CC(CO[Si](C)(C)C(C)(C)C)O[Si](C)(C)C(C)(C)C)O[Si](CC)(CC)CC)CC3O2)C[C@@H]1C. The van der Waals surface area contributed by atoms with E-state index in [9.17, 15) is 4.79 Å². The average Bonchev–Trinajstić information content (AvgIpc) is 3.65. The minimum Gasteiger partial charge on any atom is -0.461 e. The number of rotatable bonds is 22. The summed E-state index contributed by atoms with van der Waals surface area (Å²) < 4.78 is 56.7. The molecule has 0 N–H and O–H groups in total. The fourth-order valence-corrected chi connectivity index (χ4v) is 18.0. The predicted molar refractivity (Wildman–Crippen MR) is 268 cm³/mol. The molecule has 9 nitrogen and oxygen atoms in total. The summed E-state index contributed by atoms with van der Waals surface area (Å²) in [5, 5.41) is 0.140. The molecule has 0 amide bonds. The lowest BCUT2D eigenvalue weighted by Crippen LogP contribution is -2.61. The summed E-state index contributed by atoms with van der Waals surface area (Å²) in [5.41, 5.74) is 0.966. The number of carbonyl (C=O) groups is 1. The summed E-state index contributed by atoms with van der Waals surface area (Å²) >= 11 is 0. The number of benzene rings is 1. The maximum atomic E-state index is 13.7. The molecule has 13 heteroatoms. The Morgan fingerprint density at radius 3 is 1.86 bits per heavy atom. The zero-order chi connectivity index (χ0) is 47.2. The van der Waals surface area contributed by atoms with Gasteiger partial charge < -0.3 is 36.7 Å². The number of fused-ring (bicyclic) bond motifs is 1. The zero-order valence-electron chi connectivity index (χ0n) is 43.4. The van der Waals surface area contributed by atoms with Crippen molar-refractivity contribution in [1.29, 1.82) is 0 Å². The molecular formula is C50H94O9Si4. The molecule has 0 radical (unpaired) electrons. The molecule has 0 saturated carbocycles. The quantitative estimate of drug-likeness (QED) is 0.0832. The molecule has 63 heavy (non-hydrogen) atoms. The molecule has 4 rings (SSSR count). The highest BCUT2D eigenvalue weighted by molar-refractivity contribution is 6.75. The normalized spacial score (nSPS) is 28.5. The van der Waals surface area contributed by atoms with Crippen molar-refractivity contribution in [3.63, 3.8) is 0 Å². The van der Waals surface area contributed by atoms with Crippen LogP contribution >= 0.6 is 0 Å². The fourth-order valence-electron chi connectivity index (χ4n) is 9.78. The minimum absolute atomic E-state index is 0.0503. The Morgan fingerprint density at radius 2 is 1.32 bits per heavy atom. The van der Waals surface area contributed by atoms with Crippen molar-refractivity contribution in [2.75, 3.05) is 6.61 Å². The Hall–Kier alpha value is -0.722. The van der Waals surface area contributed by atoms with Gasteiger partial charge in [0.25, 0.3) is 0 Å². The van der Waals surface area contributed by atoms with Crippen LogP contribution in [0.15, 0.2) is 30.3 Å². The van der Waals surface area contributed by atoms with Crippen LogP contribution in [0.2, 0.25) is 72.5 Å². The van der Waals surface area contributed by atoms with E-state index in [1.807, 2.05) is 30.3 Å². The second-order valence-electron chi connectivity index (χ2n) is 22.8. The monoisotopic (exact) mass is 951 g/mol. The van der Waals surface area contributed by atoms with Gasteiger partial charge in [0.1, 0.15) is 6.61 Å². The molecular weight excluding hydrogens is 857 g/mol. The van der Waals surface area contributed by atoms with Crippen molar-refractivity contribution in [3.8, 4) is 0 Å². The van der Waals surface area contributed by atoms with E-state index >= 15 is 0 Å². The Bertz CT molecular complexity index is 1540. The first-order valence-electron chi connectivity index (χ1n) is 25.1. The zero-order valence-corrected chi connectivity index (χ0v) is 47.4. The van der Waals surface area contributed by atoms with Gasteiger partial charge in [0.05, 0.1) is 55.8 Å². The average molecular weight is 952 g/mol. The Kier molecular flexibility index (Phi) is 19.3. The van der Waals surface area contributed by atoms with Crippen LogP contribution in [0, 0.1) is 11.8 Å². The predicted octanol–water partition coefficient (Wildman–Crippen LogP) is 13.4. The van der Waals surface area contributed by atoms with Crippen LogP contribution in [0.4, 0.5) is 0 Å². The van der Waals surface area contributed by atoms with Crippen LogP contribution < -0.4 is 0 Å². The summed E-state index contributed by atoms with van der Waals surface area (Å²) in [7, 11) is -8.36. The molecule has 1 aromatic rings. The van der Waals surface area contributed by atoms with Crippen molar-refractivity contribution in [1.82, 2.24) is 0 Å². The van der Waals surface area contributed by atoms with Gasteiger partial charge in [-0.25, -0.2) is 0 Å². The van der Waals surface area contributed by atoms with Crippen molar-refractivity contribution in [2.45, 2.75) is 257 Å². The first-order valence-corrected chi connectivity index (χ1v) is 36.0. The molecule has 3 aliphatic heterocycles. The fraction of sp³-hybridized carbons (Fsp3) is 0.860. The molecule has 3 saturated heterocycles. The molecule has 364 valence electrons. The number of hydrogen-bond acceptors (Lipinski definition) is 9. The van der Waals surface area contributed by atoms with Crippen LogP contribution in [-0.2, 0) is 48.1 Å². The van der Waals surface area contributed by atoms with Gasteiger partial charge in [-0.15, -0.1) is 0 Å². The molecule has 3 aliphatic rings. The highest BCUT2D eigenvalue weighted by Gasteiger charge is 2.58. The van der Waals surface area contributed by atoms with Crippen LogP contribution in [0.3, 0.4) is 0 Å². The van der Waals surface area contributed by atoms with Crippen LogP contribution in [0.1, 0.15) is 135 Å². The minimum atomic E-state index is -2.18.